The van der Waals surface area contributed by atoms with Crippen molar-refractivity contribution in [1.29, 1.82) is 0 Å². The number of amides is 1. The summed E-state index contributed by atoms with van der Waals surface area (Å²) in [7, 11) is 0. The Hall–Kier alpha value is -2.49. The molecule has 0 aliphatic heterocycles. The van der Waals surface area contributed by atoms with Gasteiger partial charge in [0.1, 0.15) is 11.8 Å². The highest BCUT2D eigenvalue weighted by molar-refractivity contribution is 5.84. The van der Waals surface area contributed by atoms with Crippen LogP contribution in [0.2, 0.25) is 0 Å². The number of hydrogen-bond acceptors (Lipinski definition) is 3. The number of phenolic OH excluding ortho intramolecular Hbond substituents is 1. The molecule has 4 N–H and O–H groups in total. The highest BCUT2D eigenvalue weighted by Crippen LogP contribution is 2.21. The smallest absolute Gasteiger partial charge is 0.244 e. The first-order chi connectivity index (χ1) is 8.66. The van der Waals surface area contributed by atoms with E-state index in [0.29, 0.717) is 5.56 Å². The molecule has 1 amide bonds. The van der Waals surface area contributed by atoms with Gasteiger partial charge in [-0.2, -0.15) is 0 Å². The summed E-state index contributed by atoms with van der Waals surface area (Å²) in [5.74, 6) is -0.314. The molecule has 4 nitrogen and oxygen atoms in total. The van der Waals surface area contributed by atoms with Gasteiger partial charge < -0.3 is 16.2 Å². The van der Waals surface area contributed by atoms with Gasteiger partial charge in [0.25, 0.3) is 0 Å². The zero-order chi connectivity index (χ0) is 13.0. The van der Waals surface area contributed by atoms with Gasteiger partial charge in [0, 0.05) is 5.69 Å². The predicted octanol–water partition coefficient (Wildman–Crippen LogP) is 2.03. The van der Waals surface area contributed by atoms with E-state index in [0.717, 1.165) is 5.69 Å². The van der Waals surface area contributed by atoms with Crippen molar-refractivity contribution in [3.05, 3.63) is 60.2 Å². The van der Waals surface area contributed by atoms with Crippen LogP contribution in [0.3, 0.4) is 0 Å². The van der Waals surface area contributed by atoms with E-state index in [2.05, 4.69) is 5.32 Å². The largest absolute Gasteiger partial charge is 0.508 e. The summed E-state index contributed by atoms with van der Waals surface area (Å²) in [5, 5.41) is 12.3. The minimum Gasteiger partial charge on any atom is -0.508 e. The zero-order valence-electron chi connectivity index (χ0n) is 9.71. The van der Waals surface area contributed by atoms with E-state index in [4.69, 9.17) is 5.73 Å². The molecule has 0 aromatic heterocycles. The molecular formula is C14H14N2O2. The Morgan fingerprint density at radius 1 is 1.06 bits per heavy atom. The number of phenols is 1. The first kappa shape index (κ1) is 12.0. The van der Waals surface area contributed by atoms with E-state index >= 15 is 0 Å². The monoisotopic (exact) mass is 242 g/mol. The van der Waals surface area contributed by atoms with Crippen LogP contribution in [-0.2, 0) is 4.79 Å². The van der Waals surface area contributed by atoms with E-state index in [-0.39, 0.29) is 5.75 Å². The number of para-hydroxylation sites is 1. The molecule has 0 aliphatic carbocycles. The highest BCUT2D eigenvalue weighted by Gasteiger charge is 2.17. The van der Waals surface area contributed by atoms with Crippen LogP contribution in [0, 0.1) is 0 Å². The van der Waals surface area contributed by atoms with Crippen molar-refractivity contribution in [3.63, 3.8) is 0 Å². The number of anilines is 1. The molecular weight excluding hydrogens is 228 g/mol. The van der Waals surface area contributed by atoms with Gasteiger partial charge >= 0.3 is 0 Å². The number of nitrogens with two attached hydrogens (primary N) is 1. The molecule has 0 bridgehead atoms. The molecule has 0 heterocycles. The fourth-order valence-corrected chi connectivity index (χ4v) is 1.69. The van der Waals surface area contributed by atoms with Crippen molar-refractivity contribution in [1.82, 2.24) is 0 Å². The Morgan fingerprint density at radius 3 is 2.22 bits per heavy atom. The first-order valence-corrected chi connectivity index (χ1v) is 5.56. The molecule has 4 heteroatoms. The summed E-state index contributed by atoms with van der Waals surface area (Å²) >= 11 is 0. The van der Waals surface area contributed by atoms with E-state index in [1.165, 1.54) is 12.1 Å². The Balaban J connectivity index is 2.24. The highest BCUT2D eigenvalue weighted by atomic mass is 16.3. The van der Waals surface area contributed by atoms with Gasteiger partial charge in [-0.15, -0.1) is 0 Å². The normalized spacial score (nSPS) is 11.8. The van der Waals surface area contributed by atoms with Gasteiger partial charge in [-0.1, -0.05) is 30.3 Å². The average molecular weight is 242 g/mol. The zero-order valence-corrected chi connectivity index (χ0v) is 9.71. The molecule has 0 saturated carbocycles. The lowest BCUT2D eigenvalue weighted by atomic mass is 10.1. The second kappa shape index (κ2) is 5.23. The number of aromatic hydroxyl groups is 1. The van der Waals surface area contributed by atoms with Crippen LogP contribution >= 0.6 is 0 Å². The standard InChI is InChI=1S/C14H14N2O2/c15-14(18)13(10-6-8-12(17)9-7-10)16-11-4-2-1-3-5-11/h1-9,13,16-17H,(H2,15,18). The Labute approximate surface area is 105 Å². The van der Waals surface area contributed by atoms with Crippen molar-refractivity contribution in [2.75, 3.05) is 5.32 Å². The van der Waals surface area contributed by atoms with Gasteiger partial charge in [-0.25, -0.2) is 0 Å². The Morgan fingerprint density at radius 2 is 1.67 bits per heavy atom. The fraction of sp³-hybridized carbons (Fsp3) is 0.0714. The summed E-state index contributed by atoms with van der Waals surface area (Å²) in [5.41, 5.74) is 6.92. The van der Waals surface area contributed by atoms with E-state index < -0.39 is 11.9 Å². The third-order valence-corrected chi connectivity index (χ3v) is 2.60. The van der Waals surface area contributed by atoms with Crippen LogP contribution in [0.15, 0.2) is 54.6 Å². The van der Waals surface area contributed by atoms with Gasteiger partial charge in [-0.3, -0.25) is 4.79 Å². The van der Waals surface area contributed by atoms with E-state index in [1.807, 2.05) is 30.3 Å². The lowest BCUT2D eigenvalue weighted by molar-refractivity contribution is -0.118. The molecule has 2 aromatic rings. The average Bonchev–Trinajstić information content (AvgIpc) is 2.38. The summed E-state index contributed by atoms with van der Waals surface area (Å²) < 4.78 is 0. The molecule has 2 rings (SSSR count). The SMILES string of the molecule is NC(=O)C(Nc1ccccc1)c1ccc(O)cc1. The molecule has 0 aliphatic rings. The van der Waals surface area contributed by atoms with Crippen molar-refractivity contribution < 1.29 is 9.90 Å². The third kappa shape index (κ3) is 2.79. The molecule has 1 unspecified atom stereocenters. The molecule has 1 atom stereocenters. The minimum absolute atomic E-state index is 0.154. The number of rotatable bonds is 4. The number of primary amides is 1. The summed E-state index contributed by atoms with van der Waals surface area (Å²) in [6.07, 6.45) is 0. The quantitative estimate of drug-likeness (QED) is 0.767. The second-order valence-electron chi connectivity index (χ2n) is 3.94. The molecule has 2 aromatic carbocycles. The topological polar surface area (TPSA) is 75.4 Å². The number of nitrogens with one attached hydrogen (secondary N) is 1. The van der Waals surface area contributed by atoms with Gasteiger partial charge in [0.15, 0.2) is 0 Å². The van der Waals surface area contributed by atoms with Crippen molar-refractivity contribution in [3.8, 4) is 5.75 Å². The molecule has 0 radical (unpaired) electrons. The van der Waals surface area contributed by atoms with Gasteiger partial charge in [-0.05, 0) is 29.8 Å². The number of benzene rings is 2. The molecule has 92 valence electrons. The van der Waals surface area contributed by atoms with Crippen LogP contribution in [0.5, 0.6) is 5.75 Å². The lowest BCUT2D eigenvalue weighted by Gasteiger charge is -2.17. The maximum Gasteiger partial charge on any atom is 0.244 e. The summed E-state index contributed by atoms with van der Waals surface area (Å²) in [4.78, 5) is 11.5. The summed E-state index contributed by atoms with van der Waals surface area (Å²) in [6, 6.07) is 15.1. The maximum atomic E-state index is 11.5. The number of hydrogen-bond donors (Lipinski definition) is 3. The van der Waals surface area contributed by atoms with Crippen LogP contribution in [-0.4, -0.2) is 11.0 Å². The van der Waals surface area contributed by atoms with E-state index in [9.17, 15) is 9.90 Å². The molecule has 0 fully saturated rings. The van der Waals surface area contributed by atoms with Crippen molar-refractivity contribution >= 4 is 11.6 Å². The van der Waals surface area contributed by atoms with Crippen LogP contribution in [0.4, 0.5) is 5.69 Å². The first-order valence-electron chi connectivity index (χ1n) is 5.56. The van der Waals surface area contributed by atoms with Crippen LogP contribution in [0.1, 0.15) is 11.6 Å². The predicted molar refractivity (Wildman–Crippen MR) is 70.1 cm³/mol. The van der Waals surface area contributed by atoms with Crippen molar-refractivity contribution in [2.24, 2.45) is 5.73 Å². The third-order valence-electron chi connectivity index (χ3n) is 2.60. The summed E-state index contributed by atoms with van der Waals surface area (Å²) in [6.45, 7) is 0. The number of carbonyl (C=O) groups is 1. The molecule has 18 heavy (non-hydrogen) atoms. The van der Waals surface area contributed by atoms with E-state index in [1.54, 1.807) is 12.1 Å². The second-order valence-corrected chi connectivity index (χ2v) is 3.94. The van der Waals surface area contributed by atoms with Gasteiger partial charge in [0.2, 0.25) is 5.91 Å². The fourth-order valence-electron chi connectivity index (χ4n) is 1.69. The van der Waals surface area contributed by atoms with Crippen LogP contribution < -0.4 is 11.1 Å². The molecule has 0 spiro atoms. The van der Waals surface area contributed by atoms with Gasteiger partial charge in [0.05, 0.1) is 0 Å². The Kier molecular flexibility index (Phi) is 3.48. The van der Waals surface area contributed by atoms with Crippen LogP contribution in [0.25, 0.3) is 0 Å². The lowest BCUT2D eigenvalue weighted by Crippen LogP contribution is -2.27. The van der Waals surface area contributed by atoms with Crippen molar-refractivity contribution in [2.45, 2.75) is 6.04 Å². The minimum atomic E-state index is -0.618. The Bertz CT molecular complexity index is 523. The maximum absolute atomic E-state index is 11.5. The number of carbonyl (C=O) groups excluding carboxylic acids is 1. The molecule has 0 saturated heterocycles.